The van der Waals surface area contributed by atoms with E-state index in [9.17, 15) is 9.59 Å². The van der Waals surface area contributed by atoms with Crippen LogP contribution in [0.3, 0.4) is 0 Å². The lowest BCUT2D eigenvalue weighted by Gasteiger charge is -2.02. The molecular weight excluding hydrogens is 234 g/mol. The molecule has 0 spiro atoms. The molecule has 0 fully saturated rings. The number of ether oxygens (including phenoxy) is 1. The second-order valence-corrected chi connectivity index (χ2v) is 3.68. The maximum absolute atomic E-state index is 11.6. The SMILES string of the molecule is CCNC(=O)COC(=O)c1cc2ccccc2o1. The fourth-order valence-corrected chi connectivity index (χ4v) is 1.53. The maximum atomic E-state index is 11.6. The molecule has 1 heterocycles. The van der Waals surface area contributed by atoms with Crippen LogP contribution in [0.15, 0.2) is 34.7 Å². The molecule has 94 valence electrons. The van der Waals surface area contributed by atoms with Crippen molar-refractivity contribution in [1.82, 2.24) is 5.32 Å². The Morgan fingerprint density at radius 2 is 2.11 bits per heavy atom. The van der Waals surface area contributed by atoms with Gasteiger partial charge in [-0.15, -0.1) is 0 Å². The van der Waals surface area contributed by atoms with E-state index in [2.05, 4.69) is 5.32 Å². The zero-order valence-corrected chi connectivity index (χ0v) is 9.93. The predicted molar refractivity (Wildman–Crippen MR) is 65.2 cm³/mol. The number of fused-ring (bicyclic) bond motifs is 1. The summed E-state index contributed by atoms with van der Waals surface area (Å²) in [5, 5.41) is 3.35. The Bertz CT molecular complexity index is 540. The van der Waals surface area contributed by atoms with E-state index in [-0.39, 0.29) is 18.3 Å². The van der Waals surface area contributed by atoms with Gasteiger partial charge < -0.3 is 14.5 Å². The van der Waals surface area contributed by atoms with E-state index >= 15 is 0 Å². The second kappa shape index (κ2) is 5.35. The van der Waals surface area contributed by atoms with Gasteiger partial charge in [-0.3, -0.25) is 4.79 Å². The molecule has 0 atom stereocenters. The Morgan fingerprint density at radius 3 is 2.83 bits per heavy atom. The normalized spacial score (nSPS) is 10.3. The molecule has 0 aliphatic rings. The van der Waals surface area contributed by atoms with E-state index < -0.39 is 5.97 Å². The number of para-hydroxylation sites is 1. The molecule has 1 N–H and O–H groups in total. The van der Waals surface area contributed by atoms with Crippen molar-refractivity contribution in [3.05, 3.63) is 36.1 Å². The molecule has 0 saturated carbocycles. The summed E-state index contributed by atoms with van der Waals surface area (Å²) in [5.41, 5.74) is 0.613. The molecule has 5 nitrogen and oxygen atoms in total. The van der Waals surface area contributed by atoms with Crippen molar-refractivity contribution in [3.63, 3.8) is 0 Å². The Morgan fingerprint density at radius 1 is 1.33 bits per heavy atom. The highest BCUT2D eigenvalue weighted by molar-refractivity contribution is 5.93. The number of hydrogen-bond donors (Lipinski definition) is 1. The first-order valence-electron chi connectivity index (χ1n) is 5.63. The van der Waals surface area contributed by atoms with Gasteiger partial charge in [0.15, 0.2) is 6.61 Å². The number of amides is 1. The van der Waals surface area contributed by atoms with E-state index in [1.54, 1.807) is 19.1 Å². The monoisotopic (exact) mass is 247 g/mol. The van der Waals surface area contributed by atoms with Crippen LogP contribution in [0.4, 0.5) is 0 Å². The zero-order chi connectivity index (χ0) is 13.0. The van der Waals surface area contributed by atoms with Gasteiger partial charge in [0, 0.05) is 11.9 Å². The lowest BCUT2D eigenvalue weighted by atomic mass is 10.2. The van der Waals surface area contributed by atoms with E-state index in [0.29, 0.717) is 12.1 Å². The summed E-state index contributed by atoms with van der Waals surface area (Å²) in [6.45, 7) is 1.99. The quantitative estimate of drug-likeness (QED) is 0.835. The molecule has 0 radical (unpaired) electrons. The molecule has 2 aromatic rings. The van der Waals surface area contributed by atoms with Crippen LogP contribution in [0.25, 0.3) is 11.0 Å². The van der Waals surface area contributed by atoms with Crippen molar-refractivity contribution in [1.29, 1.82) is 0 Å². The summed E-state index contributed by atoms with van der Waals surface area (Å²) in [6, 6.07) is 8.85. The molecule has 0 saturated heterocycles. The molecule has 1 aromatic heterocycles. The Hall–Kier alpha value is -2.30. The van der Waals surface area contributed by atoms with Crippen molar-refractivity contribution in [3.8, 4) is 0 Å². The summed E-state index contributed by atoms with van der Waals surface area (Å²) in [5.74, 6) is -0.875. The molecule has 0 unspecified atom stereocenters. The molecular formula is C13H13NO4. The van der Waals surface area contributed by atoms with Crippen molar-refractivity contribution in [2.45, 2.75) is 6.92 Å². The Labute approximate surface area is 104 Å². The minimum absolute atomic E-state index is 0.0977. The average molecular weight is 247 g/mol. The Kier molecular flexibility index (Phi) is 3.62. The Balaban J connectivity index is 2.02. The number of nitrogens with one attached hydrogen (secondary N) is 1. The van der Waals surface area contributed by atoms with Gasteiger partial charge in [0.2, 0.25) is 5.76 Å². The van der Waals surface area contributed by atoms with Gasteiger partial charge in [-0.2, -0.15) is 0 Å². The topological polar surface area (TPSA) is 68.5 Å². The van der Waals surface area contributed by atoms with Gasteiger partial charge in [-0.25, -0.2) is 4.79 Å². The van der Waals surface area contributed by atoms with Crippen LogP contribution in [0.2, 0.25) is 0 Å². The predicted octanol–water partition coefficient (Wildman–Crippen LogP) is 1.73. The van der Waals surface area contributed by atoms with Gasteiger partial charge >= 0.3 is 5.97 Å². The van der Waals surface area contributed by atoms with E-state index in [1.807, 2.05) is 18.2 Å². The van der Waals surface area contributed by atoms with Gasteiger partial charge in [-0.1, -0.05) is 18.2 Å². The van der Waals surface area contributed by atoms with Crippen LogP contribution >= 0.6 is 0 Å². The number of benzene rings is 1. The van der Waals surface area contributed by atoms with E-state index in [1.165, 1.54) is 0 Å². The van der Waals surface area contributed by atoms with Crippen LogP contribution in [0, 0.1) is 0 Å². The van der Waals surface area contributed by atoms with E-state index in [4.69, 9.17) is 9.15 Å². The minimum atomic E-state index is -0.641. The van der Waals surface area contributed by atoms with Crippen molar-refractivity contribution >= 4 is 22.8 Å². The highest BCUT2D eigenvalue weighted by Crippen LogP contribution is 2.19. The molecule has 1 amide bonds. The number of hydrogen-bond acceptors (Lipinski definition) is 4. The van der Waals surface area contributed by atoms with Crippen LogP contribution in [-0.4, -0.2) is 25.0 Å². The van der Waals surface area contributed by atoms with Crippen LogP contribution in [0.1, 0.15) is 17.5 Å². The first-order valence-corrected chi connectivity index (χ1v) is 5.63. The minimum Gasteiger partial charge on any atom is -0.450 e. The highest BCUT2D eigenvalue weighted by Gasteiger charge is 2.14. The third-order valence-electron chi connectivity index (χ3n) is 2.34. The van der Waals surface area contributed by atoms with Crippen LogP contribution < -0.4 is 5.32 Å². The highest BCUT2D eigenvalue weighted by atomic mass is 16.5. The molecule has 5 heteroatoms. The summed E-state index contributed by atoms with van der Waals surface area (Å²) >= 11 is 0. The largest absolute Gasteiger partial charge is 0.450 e. The standard InChI is InChI=1S/C13H13NO4/c1-2-14-12(15)8-17-13(16)11-7-9-5-3-4-6-10(9)18-11/h3-7H,2,8H2,1H3,(H,14,15). The van der Waals surface area contributed by atoms with Gasteiger partial charge in [0.05, 0.1) is 0 Å². The summed E-state index contributed by atoms with van der Waals surface area (Å²) in [4.78, 5) is 22.8. The number of likely N-dealkylation sites (N-methyl/N-ethyl adjacent to an activating group) is 1. The smallest absolute Gasteiger partial charge is 0.374 e. The fraction of sp³-hybridized carbons (Fsp3) is 0.231. The molecule has 0 bridgehead atoms. The van der Waals surface area contributed by atoms with Gasteiger partial charge in [0.25, 0.3) is 5.91 Å². The summed E-state index contributed by atoms with van der Waals surface area (Å²) < 4.78 is 10.1. The van der Waals surface area contributed by atoms with Gasteiger partial charge in [0.1, 0.15) is 5.58 Å². The molecule has 0 aliphatic carbocycles. The molecule has 0 aliphatic heterocycles. The third-order valence-corrected chi connectivity index (χ3v) is 2.34. The second-order valence-electron chi connectivity index (χ2n) is 3.68. The fourth-order valence-electron chi connectivity index (χ4n) is 1.53. The lowest BCUT2D eigenvalue weighted by Crippen LogP contribution is -2.28. The maximum Gasteiger partial charge on any atom is 0.374 e. The molecule has 1 aromatic carbocycles. The number of furan rings is 1. The van der Waals surface area contributed by atoms with Gasteiger partial charge in [-0.05, 0) is 19.1 Å². The van der Waals surface area contributed by atoms with Crippen LogP contribution in [0.5, 0.6) is 0 Å². The molecule has 2 rings (SSSR count). The first-order chi connectivity index (χ1) is 8.70. The zero-order valence-electron chi connectivity index (χ0n) is 9.93. The number of rotatable bonds is 4. The van der Waals surface area contributed by atoms with Crippen molar-refractivity contribution in [2.24, 2.45) is 0 Å². The average Bonchev–Trinajstić information content (AvgIpc) is 2.80. The third kappa shape index (κ3) is 2.68. The van der Waals surface area contributed by atoms with Crippen molar-refractivity contribution in [2.75, 3.05) is 13.2 Å². The first kappa shape index (κ1) is 12.2. The summed E-state index contributed by atoms with van der Waals surface area (Å²) in [6.07, 6.45) is 0. The molecule has 18 heavy (non-hydrogen) atoms. The number of carbonyl (C=O) groups is 2. The number of carbonyl (C=O) groups excluding carboxylic acids is 2. The lowest BCUT2D eigenvalue weighted by molar-refractivity contribution is -0.124. The summed E-state index contributed by atoms with van der Waals surface area (Å²) in [7, 11) is 0. The number of esters is 1. The van der Waals surface area contributed by atoms with Crippen LogP contribution in [-0.2, 0) is 9.53 Å². The van der Waals surface area contributed by atoms with Crippen molar-refractivity contribution < 1.29 is 18.7 Å². The van der Waals surface area contributed by atoms with E-state index in [0.717, 1.165) is 5.39 Å².